The molecule has 1 aliphatic rings. The highest BCUT2D eigenvalue weighted by Gasteiger charge is 2.11. The number of hydrogen-bond acceptors (Lipinski definition) is 0. The summed E-state index contributed by atoms with van der Waals surface area (Å²) >= 11 is 0. The van der Waals surface area contributed by atoms with Gasteiger partial charge >= 0.3 is 0 Å². The van der Waals surface area contributed by atoms with Crippen molar-refractivity contribution >= 4 is 0 Å². The van der Waals surface area contributed by atoms with Gasteiger partial charge in [-0.2, -0.15) is 0 Å². The molecule has 0 nitrogen and oxygen atoms in total. The Labute approximate surface area is 112 Å². The molecule has 0 spiro atoms. The third kappa shape index (κ3) is 5.35. The maximum atomic E-state index is 3.97. The first kappa shape index (κ1) is 14.8. The summed E-state index contributed by atoms with van der Waals surface area (Å²) in [5, 5.41) is 0. The summed E-state index contributed by atoms with van der Waals surface area (Å²) < 4.78 is 0. The Hall–Kier alpha value is -1.30. The lowest BCUT2D eigenvalue weighted by molar-refractivity contribution is 0.540. The van der Waals surface area contributed by atoms with Crippen LogP contribution in [0, 0.1) is 19.8 Å². The van der Waals surface area contributed by atoms with Crippen LogP contribution in [-0.2, 0) is 0 Å². The van der Waals surface area contributed by atoms with Crippen molar-refractivity contribution in [1.82, 2.24) is 0 Å². The van der Waals surface area contributed by atoms with Crippen LogP contribution in [0.4, 0.5) is 0 Å². The van der Waals surface area contributed by atoms with Gasteiger partial charge in [0.1, 0.15) is 0 Å². The fourth-order valence-corrected chi connectivity index (χ4v) is 2.05. The lowest BCUT2D eigenvalue weighted by Crippen LogP contribution is -2.04. The standard InChI is InChI=1S/C10H16.C8H10/c1-8(2)10-6-4-9(3)5-7-10;1-7-3-5-8(2)6-4-7/h4,10H,1,5-7H2,2-3H3;3-6H,1-2H3. The van der Waals surface area contributed by atoms with Crippen molar-refractivity contribution in [2.75, 3.05) is 0 Å². The van der Waals surface area contributed by atoms with Crippen LogP contribution >= 0.6 is 0 Å². The van der Waals surface area contributed by atoms with Gasteiger partial charge < -0.3 is 0 Å². The molecule has 1 atom stereocenters. The van der Waals surface area contributed by atoms with Crippen molar-refractivity contribution in [1.29, 1.82) is 0 Å². The van der Waals surface area contributed by atoms with Crippen LogP contribution in [0.1, 0.15) is 44.2 Å². The highest BCUT2D eigenvalue weighted by atomic mass is 14.2. The van der Waals surface area contributed by atoms with Gasteiger partial charge in [0, 0.05) is 0 Å². The Morgan fingerprint density at radius 1 is 1.06 bits per heavy atom. The van der Waals surface area contributed by atoms with Gasteiger partial charge in [-0.1, -0.05) is 59.2 Å². The Morgan fingerprint density at radius 3 is 1.89 bits per heavy atom. The topological polar surface area (TPSA) is 0 Å². The van der Waals surface area contributed by atoms with E-state index in [-0.39, 0.29) is 0 Å². The van der Waals surface area contributed by atoms with E-state index in [0.29, 0.717) is 0 Å². The van der Waals surface area contributed by atoms with Crippen molar-refractivity contribution in [3.63, 3.8) is 0 Å². The van der Waals surface area contributed by atoms with Gasteiger partial charge in [0.2, 0.25) is 0 Å². The third-order valence-corrected chi connectivity index (χ3v) is 3.55. The fraction of sp³-hybridized carbons (Fsp3) is 0.444. The molecule has 0 bridgehead atoms. The van der Waals surface area contributed by atoms with E-state index in [4.69, 9.17) is 0 Å². The van der Waals surface area contributed by atoms with Crippen molar-refractivity contribution in [2.45, 2.75) is 47.0 Å². The van der Waals surface area contributed by atoms with Gasteiger partial charge in [-0.15, -0.1) is 0 Å². The predicted octanol–water partition coefficient (Wildman–Crippen LogP) is 5.61. The zero-order chi connectivity index (χ0) is 13.5. The van der Waals surface area contributed by atoms with E-state index in [0.717, 1.165) is 5.92 Å². The number of benzene rings is 1. The molecule has 0 heteroatoms. The number of aryl methyl sites for hydroxylation is 2. The molecule has 0 aromatic heterocycles. The van der Waals surface area contributed by atoms with Crippen LogP contribution in [0.25, 0.3) is 0 Å². The van der Waals surface area contributed by atoms with Gasteiger partial charge in [0.15, 0.2) is 0 Å². The second-order valence-corrected chi connectivity index (χ2v) is 5.52. The summed E-state index contributed by atoms with van der Waals surface area (Å²) in [4.78, 5) is 0. The minimum absolute atomic E-state index is 0.767. The fourth-order valence-electron chi connectivity index (χ4n) is 2.05. The molecule has 0 radical (unpaired) electrons. The Morgan fingerprint density at radius 2 is 1.56 bits per heavy atom. The quantitative estimate of drug-likeness (QED) is 0.561. The van der Waals surface area contributed by atoms with Crippen LogP contribution in [0.3, 0.4) is 0 Å². The van der Waals surface area contributed by atoms with Crippen molar-refractivity contribution in [3.8, 4) is 0 Å². The molecule has 0 amide bonds. The smallest absolute Gasteiger partial charge is 0.0171 e. The maximum absolute atomic E-state index is 3.97. The molecule has 0 saturated carbocycles. The summed E-state index contributed by atoms with van der Waals surface area (Å²) in [5.41, 5.74) is 5.56. The summed E-state index contributed by atoms with van der Waals surface area (Å²) in [6.45, 7) is 12.5. The molecule has 0 aliphatic heterocycles. The van der Waals surface area contributed by atoms with E-state index in [9.17, 15) is 0 Å². The van der Waals surface area contributed by atoms with Gasteiger partial charge in [0.25, 0.3) is 0 Å². The summed E-state index contributed by atoms with van der Waals surface area (Å²) in [6, 6.07) is 8.48. The van der Waals surface area contributed by atoms with Crippen molar-refractivity contribution in [3.05, 3.63) is 59.2 Å². The summed E-state index contributed by atoms with van der Waals surface area (Å²) in [7, 11) is 0. The monoisotopic (exact) mass is 242 g/mol. The summed E-state index contributed by atoms with van der Waals surface area (Å²) in [5.74, 6) is 0.767. The van der Waals surface area contributed by atoms with E-state index in [2.05, 4.69) is 64.6 Å². The molecule has 1 aliphatic carbocycles. The lowest BCUT2D eigenvalue weighted by Gasteiger charge is -2.19. The first-order chi connectivity index (χ1) is 8.49. The molecule has 98 valence electrons. The highest BCUT2D eigenvalue weighted by Crippen LogP contribution is 2.27. The number of hydrogen-bond donors (Lipinski definition) is 0. The minimum atomic E-state index is 0.767. The molecule has 0 N–H and O–H groups in total. The largest absolute Gasteiger partial charge is 0.0998 e. The van der Waals surface area contributed by atoms with E-state index >= 15 is 0 Å². The molecule has 1 aromatic rings. The summed E-state index contributed by atoms with van der Waals surface area (Å²) in [6.07, 6.45) is 6.17. The van der Waals surface area contributed by atoms with Crippen LogP contribution in [0.5, 0.6) is 0 Å². The SMILES string of the molecule is C=C(C)C1CC=C(C)CC1.Cc1ccc(C)cc1. The molecular formula is C18H26. The molecule has 0 fully saturated rings. The zero-order valence-electron chi connectivity index (χ0n) is 12.3. The number of rotatable bonds is 1. The average molecular weight is 242 g/mol. The van der Waals surface area contributed by atoms with E-state index in [1.165, 1.54) is 36.0 Å². The molecule has 1 unspecified atom stereocenters. The minimum Gasteiger partial charge on any atom is -0.0998 e. The Kier molecular flexibility index (Phi) is 5.91. The predicted molar refractivity (Wildman–Crippen MR) is 81.8 cm³/mol. The molecule has 1 aromatic carbocycles. The second kappa shape index (κ2) is 7.20. The average Bonchev–Trinajstić information content (AvgIpc) is 2.34. The Bertz CT molecular complexity index is 385. The van der Waals surface area contributed by atoms with Gasteiger partial charge in [-0.3, -0.25) is 0 Å². The second-order valence-electron chi connectivity index (χ2n) is 5.52. The van der Waals surface area contributed by atoms with Crippen LogP contribution in [0.2, 0.25) is 0 Å². The Balaban J connectivity index is 0.000000184. The number of allylic oxidation sites excluding steroid dienone is 3. The van der Waals surface area contributed by atoms with Gasteiger partial charge in [-0.25, -0.2) is 0 Å². The molecular weight excluding hydrogens is 216 g/mol. The van der Waals surface area contributed by atoms with Gasteiger partial charge in [-0.05, 0) is 52.9 Å². The van der Waals surface area contributed by atoms with Crippen molar-refractivity contribution in [2.24, 2.45) is 5.92 Å². The third-order valence-electron chi connectivity index (χ3n) is 3.55. The molecule has 2 rings (SSSR count). The van der Waals surface area contributed by atoms with Crippen molar-refractivity contribution < 1.29 is 0 Å². The maximum Gasteiger partial charge on any atom is -0.0171 e. The highest BCUT2D eigenvalue weighted by molar-refractivity contribution is 5.19. The zero-order valence-corrected chi connectivity index (χ0v) is 12.3. The van der Waals surface area contributed by atoms with Gasteiger partial charge in [0.05, 0.1) is 0 Å². The first-order valence-electron chi connectivity index (χ1n) is 6.83. The normalized spacial score (nSPS) is 18.4. The lowest BCUT2D eigenvalue weighted by atomic mass is 9.86. The molecule has 18 heavy (non-hydrogen) atoms. The molecule has 0 heterocycles. The van der Waals surface area contributed by atoms with E-state index in [1.807, 2.05) is 0 Å². The van der Waals surface area contributed by atoms with Crippen LogP contribution in [0.15, 0.2) is 48.1 Å². The van der Waals surface area contributed by atoms with Crippen LogP contribution < -0.4 is 0 Å². The first-order valence-corrected chi connectivity index (χ1v) is 6.83. The van der Waals surface area contributed by atoms with E-state index in [1.54, 1.807) is 5.57 Å². The van der Waals surface area contributed by atoms with Crippen LogP contribution in [-0.4, -0.2) is 0 Å². The molecule has 0 saturated heterocycles. The van der Waals surface area contributed by atoms with E-state index < -0.39 is 0 Å².